The van der Waals surface area contributed by atoms with E-state index in [-0.39, 0.29) is 10.3 Å². The van der Waals surface area contributed by atoms with Crippen LogP contribution in [0.3, 0.4) is 0 Å². The zero-order chi connectivity index (χ0) is 10.8. The number of anilines is 2. The number of amides is 1. The standard InChI is InChI=1S/C5H8N4O3S2/c1-14(11,12)2-3(10)7-5-9-8-4(6)13-5/h2H2,1H3,(H2,6,8)(H,7,9,10). The predicted molar refractivity (Wildman–Crippen MR) is 52.7 cm³/mol. The molecule has 0 saturated carbocycles. The maximum Gasteiger partial charge on any atom is 0.241 e. The summed E-state index contributed by atoms with van der Waals surface area (Å²) in [7, 11) is -3.32. The number of carbonyl (C=O) groups excluding carboxylic acids is 1. The molecule has 0 aliphatic carbocycles. The fourth-order valence-electron chi connectivity index (χ4n) is 0.679. The van der Waals surface area contributed by atoms with Crippen molar-refractivity contribution in [2.75, 3.05) is 23.1 Å². The number of nitrogens with two attached hydrogens (primary N) is 1. The maximum atomic E-state index is 11.0. The Hall–Kier alpha value is -1.22. The normalized spacial score (nSPS) is 11.2. The lowest BCUT2D eigenvalue weighted by atomic mass is 10.7. The minimum Gasteiger partial charge on any atom is -0.374 e. The van der Waals surface area contributed by atoms with Crippen LogP contribution in [0.15, 0.2) is 0 Å². The van der Waals surface area contributed by atoms with Gasteiger partial charge in [0.05, 0.1) is 0 Å². The molecule has 7 nitrogen and oxygen atoms in total. The predicted octanol–water partition coefficient (Wildman–Crippen LogP) is -0.897. The fraction of sp³-hybridized carbons (Fsp3) is 0.400. The Balaban J connectivity index is 2.58. The van der Waals surface area contributed by atoms with Crippen LogP contribution in [-0.2, 0) is 14.6 Å². The number of aromatic nitrogens is 2. The van der Waals surface area contributed by atoms with Gasteiger partial charge in [-0.2, -0.15) is 0 Å². The zero-order valence-corrected chi connectivity index (χ0v) is 8.85. The number of nitrogens with one attached hydrogen (secondary N) is 1. The first-order chi connectivity index (χ1) is 6.37. The molecule has 1 aromatic heterocycles. The molecule has 14 heavy (non-hydrogen) atoms. The van der Waals surface area contributed by atoms with Gasteiger partial charge in [-0.15, -0.1) is 10.2 Å². The van der Waals surface area contributed by atoms with Gasteiger partial charge in [-0.3, -0.25) is 10.1 Å². The number of sulfone groups is 1. The minimum atomic E-state index is -3.32. The Morgan fingerprint density at radius 1 is 1.57 bits per heavy atom. The molecule has 0 atom stereocenters. The maximum absolute atomic E-state index is 11.0. The summed E-state index contributed by atoms with van der Waals surface area (Å²) in [4.78, 5) is 11.0. The molecule has 9 heteroatoms. The Bertz CT molecular complexity index is 438. The van der Waals surface area contributed by atoms with Crippen LogP contribution in [-0.4, -0.2) is 36.5 Å². The second-order valence-electron chi connectivity index (χ2n) is 2.56. The second kappa shape index (κ2) is 3.88. The molecule has 0 fully saturated rings. The molecule has 0 unspecified atom stereocenters. The first-order valence-corrected chi connectivity index (χ1v) is 6.31. The van der Waals surface area contributed by atoms with Crippen LogP contribution in [0.25, 0.3) is 0 Å². The lowest BCUT2D eigenvalue weighted by Crippen LogP contribution is -2.21. The summed E-state index contributed by atoms with van der Waals surface area (Å²) < 4.78 is 21.4. The lowest BCUT2D eigenvalue weighted by Gasteiger charge is -1.97. The Labute approximate surface area is 84.3 Å². The van der Waals surface area contributed by atoms with E-state index < -0.39 is 21.5 Å². The van der Waals surface area contributed by atoms with Crippen molar-refractivity contribution in [3.8, 4) is 0 Å². The van der Waals surface area contributed by atoms with E-state index in [1.807, 2.05) is 0 Å². The van der Waals surface area contributed by atoms with Gasteiger partial charge in [-0.1, -0.05) is 11.3 Å². The van der Waals surface area contributed by atoms with Gasteiger partial charge in [0.15, 0.2) is 9.84 Å². The summed E-state index contributed by atoms with van der Waals surface area (Å²) in [5, 5.41) is 9.62. The molecule has 1 aromatic rings. The third kappa shape index (κ3) is 3.66. The van der Waals surface area contributed by atoms with Crippen molar-refractivity contribution in [1.29, 1.82) is 0 Å². The third-order valence-electron chi connectivity index (χ3n) is 1.08. The highest BCUT2D eigenvalue weighted by Gasteiger charge is 2.12. The minimum absolute atomic E-state index is 0.191. The Morgan fingerprint density at radius 2 is 2.21 bits per heavy atom. The molecule has 1 heterocycles. The van der Waals surface area contributed by atoms with Crippen molar-refractivity contribution in [1.82, 2.24) is 10.2 Å². The third-order valence-corrected chi connectivity index (χ3v) is 2.53. The molecule has 78 valence electrons. The second-order valence-corrected chi connectivity index (χ2v) is 5.71. The average molecular weight is 236 g/mol. The van der Waals surface area contributed by atoms with Gasteiger partial charge < -0.3 is 5.73 Å². The SMILES string of the molecule is CS(=O)(=O)CC(=O)Nc1nnc(N)s1. The number of nitrogens with zero attached hydrogens (tertiary/aromatic N) is 2. The van der Waals surface area contributed by atoms with Crippen LogP contribution >= 0.6 is 11.3 Å². The van der Waals surface area contributed by atoms with Crippen LogP contribution in [0, 0.1) is 0 Å². The van der Waals surface area contributed by atoms with Gasteiger partial charge in [-0.05, 0) is 0 Å². The van der Waals surface area contributed by atoms with Crippen LogP contribution in [0.1, 0.15) is 0 Å². The van der Waals surface area contributed by atoms with E-state index in [0.717, 1.165) is 17.6 Å². The van der Waals surface area contributed by atoms with E-state index in [1.54, 1.807) is 0 Å². The van der Waals surface area contributed by atoms with E-state index in [4.69, 9.17) is 5.73 Å². The number of hydrogen-bond donors (Lipinski definition) is 2. The van der Waals surface area contributed by atoms with Crippen LogP contribution in [0.2, 0.25) is 0 Å². The van der Waals surface area contributed by atoms with Crippen molar-refractivity contribution < 1.29 is 13.2 Å². The van der Waals surface area contributed by atoms with E-state index in [2.05, 4.69) is 15.5 Å². The first-order valence-electron chi connectivity index (χ1n) is 3.43. The molecule has 0 aliphatic heterocycles. The summed E-state index contributed by atoms with van der Waals surface area (Å²) in [5.41, 5.74) is 5.26. The van der Waals surface area contributed by atoms with Gasteiger partial charge in [0, 0.05) is 6.26 Å². The molecule has 0 aliphatic rings. The van der Waals surface area contributed by atoms with Gasteiger partial charge >= 0.3 is 0 Å². The fourth-order valence-corrected chi connectivity index (χ4v) is 1.75. The largest absolute Gasteiger partial charge is 0.374 e. The number of nitrogen functional groups attached to an aromatic ring is 1. The molecule has 1 amide bonds. The first kappa shape index (κ1) is 10.9. The molecule has 0 radical (unpaired) electrons. The van der Waals surface area contributed by atoms with Crippen LogP contribution < -0.4 is 11.1 Å². The quantitative estimate of drug-likeness (QED) is 0.703. The molecule has 0 aromatic carbocycles. The average Bonchev–Trinajstić information content (AvgIpc) is 2.30. The number of carbonyl (C=O) groups is 1. The summed E-state index contributed by atoms with van der Waals surface area (Å²) in [6.45, 7) is 0. The molecular formula is C5H8N4O3S2. The van der Waals surface area contributed by atoms with Crippen molar-refractivity contribution in [3.05, 3.63) is 0 Å². The van der Waals surface area contributed by atoms with Crippen LogP contribution in [0.4, 0.5) is 10.3 Å². The van der Waals surface area contributed by atoms with E-state index >= 15 is 0 Å². The van der Waals surface area contributed by atoms with E-state index in [1.165, 1.54) is 0 Å². The summed E-state index contributed by atoms with van der Waals surface area (Å²) in [6, 6.07) is 0. The number of rotatable bonds is 3. The van der Waals surface area contributed by atoms with Gasteiger partial charge in [0.25, 0.3) is 0 Å². The molecule has 0 saturated heterocycles. The van der Waals surface area contributed by atoms with Gasteiger partial charge in [-0.25, -0.2) is 8.42 Å². The van der Waals surface area contributed by atoms with Gasteiger partial charge in [0.1, 0.15) is 5.75 Å². The summed E-state index contributed by atoms with van der Waals surface area (Å²) >= 11 is 0.971. The number of hydrogen-bond acceptors (Lipinski definition) is 7. The van der Waals surface area contributed by atoms with Crippen LogP contribution in [0.5, 0.6) is 0 Å². The molecule has 0 spiro atoms. The lowest BCUT2D eigenvalue weighted by molar-refractivity contribution is -0.113. The highest BCUT2D eigenvalue weighted by atomic mass is 32.2. The van der Waals surface area contributed by atoms with Crippen molar-refractivity contribution in [2.45, 2.75) is 0 Å². The van der Waals surface area contributed by atoms with Crippen molar-refractivity contribution in [2.24, 2.45) is 0 Å². The summed E-state index contributed by atoms with van der Waals surface area (Å²) in [6.07, 6.45) is 0.973. The van der Waals surface area contributed by atoms with E-state index in [9.17, 15) is 13.2 Å². The smallest absolute Gasteiger partial charge is 0.241 e. The highest BCUT2D eigenvalue weighted by molar-refractivity contribution is 7.91. The zero-order valence-electron chi connectivity index (χ0n) is 7.22. The topological polar surface area (TPSA) is 115 Å². The highest BCUT2D eigenvalue weighted by Crippen LogP contribution is 2.15. The van der Waals surface area contributed by atoms with Crippen molar-refractivity contribution >= 4 is 37.3 Å². The Kier molecular flexibility index (Phi) is 3.01. The van der Waals surface area contributed by atoms with Gasteiger partial charge in [0.2, 0.25) is 16.2 Å². The molecule has 0 bridgehead atoms. The molecular weight excluding hydrogens is 228 g/mol. The van der Waals surface area contributed by atoms with E-state index in [0.29, 0.717) is 0 Å². The monoisotopic (exact) mass is 236 g/mol. The molecule has 1 rings (SSSR count). The van der Waals surface area contributed by atoms with Crippen molar-refractivity contribution in [3.63, 3.8) is 0 Å². The molecule has 3 N–H and O–H groups in total. The Morgan fingerprint density at radius 3 is 2.64 bits per heavy atom. The summed E-state index contributed by atoms with van der Waals surface area (Å²) in [5.74, 6) is -1.23.